The highest BCUT2D eigenvalue weighted by Crippen LogP contribution is 2.41. The number of hydrogen-bond donors (Lipinski definition) is 1. The smallest absolute Gasteiger partial charge is 0.00695 e. The maximum absolute atomic E-state index is 3.43. The average Bonchev–Trinajstić information content (AvgIpc) is 2.66. The van der Waals surface area contributed by atoms with E-state index in [9.17, 15) is 0 Å². The fourth-order valence-corrected chi connectivity index (χ4v) is 3.28. The van der Waals surface area contributed by atoms with Gasteiger partial charge in [-0.05, 0) is 68.7 Å². The first-order chi connectivity index (χ1) is 8.04. The van der Waals surface area contributed by atoms with E-state index >= 15 is 0 Å². The summed E-state index contributed by atoms with van der Waals surface area (Å²) in [7, 11) is 2.09. The van der Waals surface area contributed by atoms with Gasteiger partial charge in [0.15, 0.2) is 0 Å². The number of rotatable bonds is 3. The number of aryl methyl sites for hydroxylation is 2. The lowest BCUT2D eigenvalue weighted by atomic mass is 9.79. The van der Waals surface area contributed by atoms with Crippen molar-refractivity contribution in [3.8, 4) is 0 Å². The molecule has 2 atom stereocenters. The zero-order chi connectivity index (χ0) is 12.5. The van der Waals surface area contributed by atoms with Gasteiger partial charge in [-0.2, -0.15) is 0 Å². The summed E-state index contributed by atoms with van der Waals surface area (Å²) in [5.74, 6) is 0. The van der Waals surface area contributed by atoms with Crippen LogP contribution in [0.1, 0.15) is 42.9 Å². The van der Waals surface area contributed by atoms with Gasteiger partial charge in [-0.15, -0.1) is 0 Å². The molecule has 0 aromatic heterocycles. The Bertz CT molecular complexity index is 376. The predicted molar refractivity (Wildman–Crippen MR) is 74.4 cm³/mol. The molecule has 2 unspecified atom stereocenters. The van der Waals surface area contributed by atoms with Crippen LogP contribution in [-0.4, -0.2) is 13.1 Å². The van der Waals surface area contributed by atoms with Crippen LogP contribution in [0.25, 0.3) is 0 Å². The molecule has 94 valence electrons. The molecule has 1 fully saturated rings. The Morgan fingerprint density at radius 2 is 1.94 bits per heavy atom. The first kappa shape index (κ1) is 12.6. The van der Waals surface area contributed by atoms with Gasteiger partial charge in [0, 0.05) is 6.04 Å². The standard InChI is InChI=1S/C16H25N/c1-12-6-5-7-13(2)15(12)11-16(3)9-8-14(10-16)17-4/h5-7,14,17H,8-11H2,1-4H3. The summed E-state index contributed by atoms with van der Waals surface area (Å²) in [4.78, 5) is 0. The van der Waals surface area contributed by atoms with Gasteiger partial charge in [0.25, 0.3) is 0 Å². The van der Waals surface area contributed by atoms with Crippen LogP contribution >= 0.6 is 0 Å². The van der Waals surface area contributed by atoms with E-state index in [1.807, 2.05) is 0 Å². The molecule has 1 aromatic carbocycles. The van der Waals surface area contributed by atoms with Crippen LogP contribution < -0.4 is 5.32 Å². The van der Waals surface area contributed by atoms with Gasteiger partial charge >= 0.3 is 0 Å². The maximum atomic E-state index is 3.43. The molecule has 1 saturated carbocycles. The summed E-state index contributed by atoms with van der Waals surface area (Å²) in [6.45, 7) is 6.95. The third-order valence-corrected chi connectivity index (χ3v) is 4.49. The predicted octanol–water partition coefficient (Wildman–Crippen LogP) is 3.62. The highest BCUT2D eigenvalue weighted by Gasteiger charge is 2.34. The van der Waals surface area contributed by atoms with Gasteiger partial charge in [0.2, 0.25) is 0 Å². The molecular formula is C16H25N. The van der Waals surface area contributed by atoms with Crippen LogP contribution in [0, 0.1) is 19.3 Å². The molecule has 1 aliphatic rings. The quantitative estimate of drug-likeness (QED) is 0.837. The first-order valence-corrected chi connectivity index (χ1v) is 6.76. The van der Waals surface area contributed by atoms with E-state index in [0.29, 0.717) is 5.41 Å². The van der Waals surface area contributed by atoms with Crippen molar-refractivity contribution in [3.63, 3.8) is 0 Å². The minimum absolute atomic E-state index is 0.491. The summed E-state index contributed by atoms with van der Waals surface area (Å²) < 4.78 is 0. The molecule has 0 amide bonds. The Balaban J connectivity index is 2.16. The fourth-order valence-electron chi connectivity index (χ4n) is 3.28. The summed E-state index contributed by atoms with van der Waals surface area (Å²) in [6, 6.07) is 7.39. The lowest BCUT2D eigenvalue weighted by Gasteiger charge is -2.26. The molecule has 0 radical (unpaired) electrons. The second-order valence-corrected chi connectivity index (χ2v) is 6.09. The zero-order valence-corrected chi connectivity index (χ0v) is 11.6. The Morgan fingerprint density at radius 3 is 2.47 bits per heavy atom. The molecule has 0 heterocycles. The zero-order valence-electron chi connectivity index (χ0n) is 11.6. The van der Waals surface area contributed by atoms with Crippen molar-refractivity contribution in [1.29, 1.82) is 0 Å². The highest BCUT2D eigenvalue weighted by atomic mass is 14.9. The van der Waals surface area contributed by atoms with E-state index in [1.54, 1.807) is 5.56 Å². The van der Waals surface area contributed by atoms with Crippen molar-refractivity contribution in [1.82, 2.24) is 5.32 Å². The summed E-state index contributed by atoms with van der Waals surface area (Å²) in [6.07, 6.45) is 5.24. The maximum Gasteiger partial charge on any atom is 0.00695 e. The van der Waals surface area contributed by atoms with Crippen LogP contribution in [0.4, 0.5) is 0 Å². The van der Waals surface area contributed by atoms with Crippen molar-refractivity contribution >= 4 is 0 Å². The van der Waals surface area contributed by atoms with E-state index in [-0.39, 0.29) is 0 Å². The lowest BCUT2D eigenvalue weighted by Crippen LogP contribution is -2.25. The van der Waals surface area contributed by atoms with E-state index in [0.717, 1.165) is 6.04 Å². The molecule has 2 rings (SSSR count). The molecule has 1 nitrogen and oxygen atoms in total. The van der Waals surface area contributed by atoms with Crippen LogP contribution in [0.3, 0.4) is 0 Å². The highest BCUT2D eigenvalue weighted by molar-refractivity contribution is 5.34. The van der Waals surface area contributed by atoms with E-state index < -0.39 is 0 Å². The van der Waals surface area contributed by atoms with Crippen molar-refractivity contribution in [2.45, 2.75) is 52.5 Å². The van der Waals surface area contributed by atoms with E-state index in [1.165, 1.54) is 36.8 Å². The number of nitrogens with one attached hydrogen (secondary N) is 1. The van der Waals surface area contributed by atoms with Crippen molar-refractivity contribution in [2.24, 2.45) is 5.41 Å². The normalized spacial score (nSPS) is 28.6. The van der Waals surface area contributed by atoms with Gasteiger partial charge in [-0.3, -0.25) is 0 Å². The Labute approximate surface area is 106 Å². The van der Waals surface area contributed by atoms with Gasteiger partial charge < -0.3 is 5.32 Å². The Kier molecular flexibility index (Phi) is 3.58. The summed E-state index contributed by atoms with van der Waals surface area (Å²) in [5.41, 5.74) is 4.98. The number of hydrogen-bond acceptors (Lipinski definition) is 1. The molecule has 17 heavy (non-hydrogen) atoms. The van der Waals surface area contributed by atoms with Gasteiger partial charge in [0.05, 0.1) is 0 Å². The summed E-state index contributed by atoms with van der Waals surface area (Å²) >= 11 is 0. The van der Waals surface area contributed by atoms with E-state index in [4.69, 9.17) is 0 Å². The molecule has 0 bridgehead atoms. The van der Waals surface area contributed by atoms with Gasteiger partial charge in [-0.25, -0.2) is 0 Å². The van der Waals surface area contributed by atoms with Crippen molar-refractivity contribution < 1.29 is 0 Å². The fraction of sp³-hybridized carbons (Fsp3) is 0.625. The molecule has 0 spiro atoms. The molecule has 0 aliphatic heterocycles. The Hall–Kier alpha value is -0.820. The second-order valence-electron chi connectivity index (χ2n) is 6.09. The molecule has 1 N–H and O–H groups in total. The largest absolute Gasteiger partial charge is 0.317 e. The van der Waals surface area contributed by atoms with Crippen LogP contribution in [0.2, 0.25) is 0 Å². The third kappa shape index (κ3) is 2.71. The molecule has 1 aliphatic carbocycles. The average molecular weight is 231 g/mol. The van der Waals surface area contributed by atoms with Crippen LogP contribution in [0.5, 0.6) is 0 Å². The van der Waals surface area contributed by atoms with Crippen LogP contribution in [0.15, 0.2) is 18.2 Å². The second kappa shape index (κ2) is 4.81. The lowest BCUT2D eigenvalue weighted by molar-refractivity contribution is 0.323. The summed E-state index contributed by atoms with van der Waals surface area (Å²) in [5, 5.41) is 3.43. The third-order valence-electron chi connectivity index (χ3n) is 4.49. The molecule has 1 heteroatoms. The number of benzene rings is 1. The minimum Gasteiger partial charge on any atom is -0.317 e. The van der Waals surface area contributed by atoms with Crippen molar-refractivity contribution in [3.05, 3.63) is 34.9 Å². The SMILES string of the molecule is CNC1CCC(C)(Cc2c(C)cccc2C)C1. The molecule has 0 saturated heterocycles. The minimum atomic E-state index is 0.491. The molecular weight excluding hydrogens is 206 g/mol. The van der Waals surface area contributed by atoms with Gasteiger partial charge in [0.1, 0.15) is 0 Å². The topological polar surface area (TPSA) is 12.0 Å². The van der Waals surface area contributed by atoms with E-state index in [2.05, 4.69) is 51.3 Å². The first-order valence-electron chi connectivity index (χ1n) is 6.76. The Morgan fingerprint density at radius 1 is 1.29 bits per heavy atom. The monoisotopic (exact) mass is 231 g/mol. The van der Waals surface area contributed by atoms with Crippen molar-refractivity contribution in [2.75, 3.05) is 7.05 Å². The van der Waals surface area contributed by atoms with Gasteiger partial charge in [-0.1, -0.05) is 25.1 Å². The van der Waals surface area contributed by atoms with Crippen LogP contribution in [-0.2, 0) is 6.42 Å². The molecule has 1 aromatic rings.